The van der Waals surface area contributed by atoms with Crippen molar-refractivity contribution in [2.75, 3.05) is 31.3 Å². The number of anilines is 2. The Bertz CT molecular complexity index is 950. The molecule has 180 valence electrons. The van der Waals surface area contributed by atoms with Gasteiger partial charge in [-0.15, -0.1) is 0 Å². The van der Waals surface area contributed by atoms with E-state index in [1.165, 1.54) is 24.3 Å². The molecule has 0 saturated heterocycles. The van der Waals surface area contributed by atoms with E-state index in [9.17, 15) is 23.2 Å². The molecule has 10 heteroatoms. The molecule has 0 unspecified atom stereocenters. The number of halogens is 2. The summed E-state index contributed by atoms with van der Waals surface area (Å²) in [6.45, 7) is 5.52. The van der Waals surface area contributed by atoms with Crippen LogP contribution in [-0.4, -0.2) is 37.7 Å². The van der Waals surface area contributed by atoms with Crippen molar-refractivity contribution in [3.8, 4) is 0 Å². The van der Waals surface area contributed by atoms with Gasteiger partial charge in [0, 0.05) is 0 Å². The third kappa shape index (κ3) is 8.76. The van der Waals surface area contributed by atoms with Crippen LogP contribution in [0.25, 0.3) is 0 Å². The Hall–Kier alpha value is -3.69. The predicted octanol–water partition coefficient (Wildman–Crippen LogP) is 3.13. The minimum atomic E-state index is -1.30. The second kappa shape index (κ2) is 13.7. The number of ether oxygens (including phenoxy) is 3. The molecule has 8 nitrogen and oxygen atoms in total. The number of hydrogen-bond acceptors (Lipinski definition) is 8. The maximum Gasteiger partial charge on any atom is 0.324 e. The molecule has 0 fully saturated rings. The van der Waals surface area contributed by atoms with E-state index in [-0.39, 0.29) is 42.5 Å². The molecule has 2 rings (SSSR count). The van der Waals surface area contributed by atoms with E-state index < -0.39 is 29.5 Å². The Kier molecular flexibility index (Phi) is 11.3. The van der Waals surface area contributed by atoms with Gasteiger partial charge in [-0.25, -0.2) is 8.78 Å². The predicted molar refractivity (Wildman–Crippen MR) is 118 cm³/mol. The van der Waals surface area contributed by atoms with E-state index in [2.05, 4.69) is 0 Å². The minimum Gasteiger partial charge on any atom is -0.466 e. The Morgan fingerprint density at radius 1 is 0.788 bits per heavy atom. The van der Waals surface area contributed by atoms with Crippen LogP contribution in [0.4, 0.5) is 20.2 Å². The van der Waals surface area contributed by atoms with Gasteiger partial charge in [-0.1, -0.05) is 12.1 Å². The molecule has 0 aliphatic rings. The van der Waals surface area contributed by atoms with Crippen LogP contribution in [0, 0.1) is 11.6 Å². The molecule has 0 atom stereocenters. The number of carbonyl (C=O) groups excluding carboxylic acids is 3. The van der Waals surface area contributed by atoms with Crippen molar-refractivity contribution in [1.82, 2.24) is 0 Å². The van der Waals surface area contributed by atoms with Crippen molar-refractivity contribution in [2.45, 2.75) is 33.1 Å². The minimum absolute atomic E-state index is 0.0600. The number of rotatable bonds is 8. The Morgan fingerprint density at radius 2 is 1.27 bits per heavy atom. The zero-order chi connectivity index (χ0) is 25.0. The van der Waals surface area contributed by atoms with E-state index in [1.807, 2.05) is 0 Å². The smallest absolute Gasteiger partial charge is 0.324 e. The highest BCUT2D eigenvalue weighted by Gasteiger charge is 2.31. The van der Waals surface area contributed by atoms with E-state index in [4.69, 9.17) is 25.7 Å². The van der Waals surface area contributed by atoms with E-state index in [0.717, 1.165) is 6.07 Å². The number of carbonyl (C=O) groups is 3. The topological polar surface area (TPSA) is 131 Å². The first-order chi connectivity index (χ1) is 15.6. The lowest BCUT2D eigenvalue weighted by Crippen LogP contribution is -2.26. The zero-order valence-electron chi connectivity index (χ0n) is 18.7. The zero-order valence-corrected chi connectivity index (χ0v) is 18.7. The van der Waals surface area contributed by atoms with Crippen molar-refractivity contribution in [3.63, 3.8) is 0 Å². The highest BCUT2D eigenvalue weighted by molar-refractivity contribution is 6.00. The molecule has 0 saturated carbocycles. The van der Waals surface area contributed by atoms with Crippen molar-refractivity contribution in [2.24, 2.45) is 0 Å². The second-order valence-corrected chi connectivity index (χ2v) is 6.56. The average molecular weight is 466 g/mol. The van der Waals surface area contributed by atoms with Crippen LogP contribution in [0.1, 0.15) is 37.8 Å². The summed E-state index contributed by atoms with van der Waals surface area (Å²) in [5, 5.41) is 0. The van der Waals surface area contributed by atoms with Gasteiger partial charge < -0.3 is 25.7 Å². The summed E-state index contributed by atoms with van der Waals surface area (Å²) in [6, 6.07) is 8.01. The molecule has 4 N–H and O–H groups in total. The molecule has 0 heterocycles. The first kappa shape index (κ1) is 27.3. The average Bonchev–Trinajstić information content (AvgIpc) is 2.74. The number of esters is 3. The fraction of sp³-hybridized carbons (Fsp3) is 0.348. The first-order valence-corrected chi connectivity index (χ1v) is 10.2. The van der Waals surface area contributed by atoms with E-state index in [0.29, 0.717) is 12.2 Å². The number of hydrogen-bond donors (Lipinski definition) is 2. The van der Waals surface area contributed by atoms with Crippen molar-refractivity contribution in [3.05, 3.63) is 59.2 Å². The van der Waals surface area contributed by atoms with Gasteiger partial charge in [0.15, 0.2) is 5.92 Å². The second-order valence-electron chi connectivity index (χ2n) is 6.56. The fourth-order valence-corrected chi connectivity index (χ4v) is 2.60. The maximum atomic E-state index is 13.4. The third-order valence-electron chi connectivity index (χ3n) is 4.12. The van der Waals surface area contributed by atoms with Gasteiger partial charge in [-0.2, -0.15) is 0 Å². The van der Waals surface area contributed by atoms with Crippen LogP contribution in [0.2, 0.25) is 0 Å². The van der Waals surface area contributed by atoms with Gasteiger partial charge >= 0.3 is 17.9 Å². The van der Waals surface area contributed by atoms with E-state index >= 15 is 0 Å². The summed E-state index contributed by atoms with van der Waals surface area (Å²) in [5.74, 6) is -4.41. The molecule has 2 aromatic carbocycles. The molecule has 0 aliphatic carbocycles. The van der Waals surface area contributed by atoms with Crippen molar-refractivity contribution >= 4 is 29.3 Å². The van der Waals surface area contributed by atoms with Crippen LogP contribution in [0.15, 0.2) is 36.4 Å². The van der Waals surface area contributed by atoms with Gasteiger partial charge in [0.25, 0.3) is 0 Å². The quantitative estimate of drug-likeness (QED) is 0.263. The summed E-state index contributed by atoms with van der Waals surface area (Å²) in [4.78, 5) is 34.6. The SMILES string of the molecule is CCOC(=O)C(C(=O)OCC)c1ccc(N)c(F)c1.CCOC(=O)Cc1ccc(N)c(F)c1. The number of nitrogens with two attached hydrogens (primary N) is 2. The Labute approximate surface area is 190 Å². The van der Waals surface area contributed by atoms with Crippen LogP contribution in [0.3, 0.4) is 0 Å². The molecular weight excluding hydrogens is 438 g/mol. The lowest BCUT2D eigenvalue weighted by Gasteiger charge is -2.15. The third-order valence-corrected chi connectivity index (χ3v) is 4.12. The summed E-state index contributed by atoms with van der Waals surface area (Å²) >= 11 is 0. The molecule has 0 amide bonds. The highest BCUT2D eigenvalue weighted by atomic mass is 19.1. The normalized spacial score (nSPS) is 10.1. The van der Waals surface area contributed by atoms with Gasteiger partial charge in [-0.05, 0) is 56.2 Å². The Balaban J connectivity index is 0.000000346. The standard InChI is InChI=1S/C13H16FNO4.C10H12FNO2/c1-3-18-12(16)11(13(17)19-4-2)8-5-6-10(15)9(14)7-8;1-2-14-10(13)6-7-3-4-9(12)8(11)5-7/h5-7,11H,3-4,15H2,1-2H3;3-5H,2,6,12H2,1H3. The molecule has 0 aromatic heterocycles. The van der Waals surface area contributed by atoms with Crippen molar-refractivity contribution in [1.29, 1.82) is 0 Å². The molecular formula is C23H28F2N2O6. The Morgan fingerprint density at radius 3 is 1.73 bits per heavy atom. The van der Waals surface area contributed by atoms with E-state index in [1.54, 1.807) is 26.8 Å². The van der Waals surface area contributed by atoms with Crippen molar-refractivity contribution < 1.29 is 37.4 Å². The molecule has 33 heavy (non-hydrogen) atoms. The lowest BCUT2D eigenvalue weighted by atomic mass is 9.99. The summed E-state index contributed by atoms with van der Waals surface area (Å²) in [6.07, 6.45) is 0.0744. The first-order valence-electron chi connectivity index (χ1n) is 10.2. The molecule has 2 aromatic rings. The molecule has 0 radical (unpaired) electrons. The molecule has 0 bridgehead atoms. The summed E-state index contributed by atoms with van der Waals surface area (Å²) < 4.78 is 40.7. The van der Waals surface area contributed by atoms with Gasteiger partial charge in [0.1, 0.15) is 11.6 Å². The number of benzene rings is 2. The highest BCUT2D eigenvalue weighted by Crippen LogP contribution is 2.23. The van der Waals surface area contributed by atoms with Gasteiger partial charge in [0.05, 0.1) is 37.6 Å². The molecule has 0 aliphatic heterocycles. The monoisotopic (exact) mass is 466 g/mol. The summed E-state index contributed by atoms with van der Waals surface area (Å²) in [7, 11) is 0. The fourth-order valence-electron chi connectivity index (χ4n) is 2.60. The van der Waals surface area contributed by atoms with Gasteiger partial charge in [-0.3, -0.25) is 14.4 Å². The summed E-state index contributed by atoms with van der Waals surface area (Å²) in [5.41, 5.74) is 11.4. The lowest BCUT2D eigenvalue weighted by molar-refractivity contribution is -0.157. The molecule has 0 spiro atoms. The van der Waals surface area contributed by atoms with Crippen LogP contribution in [-0.2, 0) is 35.0 Å². The van der Waals surface area contributed by atoms with Crippen LogP contribution < -0.4 is 11.5 Å². The van der Waals surface area contributed by atoms with Crippen LogP contribution >= 0.6 is 0 Å². The largest absolute Gasteiger partial charge is 0.466 e. The van der Waals surface area contributed by atoms with Gasteiger partial charge in [0.2, 0.25) is 0 Å². The maximum absolute atomic E-state index is 13.4. The van der Waals surface area contributed by atoms with Crippen LogP contribution in [0.5, 0.6) is 0 Å². The number of nitrogen functional groups attached to an aromatic ring is 2.